The van der Waals surface area contributed by atoms with E-state index in [0.29, 0.717) is 12.1 Å². The molecule has 5 nitrogen and oxygen atoms in total. The molecule has 5 heteroatoms. The molecule has 1 fully saturated rings. The first-order chi connectivity index (χ1) is 8.66. The number of benzene rings is 1. The standard InChI is InChI=1S/C13H16N2O3/c16-12(17)10-7-4-8-11(10)15-13(18)14-9-5-2-1-3-6-9/h1-3,5-6,10-11H,4,7-8H2,(H,16,17)(H2,14,15,18). The summed E-state index contributed by atoms with van der Waals surface area (Å²) in [5.41, 5.74) is 0.694. The summed E-state index contributed by atoms with van der Waals surface area (Å²) < 4.78 is 0. The van der Waals surface area contributed by atoms with Gasteiger partial charge in [-0.2, -0.15) is 0 Å². The van der Waals surface area contributed by atoms with E-state index in [-0.39, 0.29) is 12.1 Å². The second-order valence-electron chi connectivity index (χ2n) is 4.45. The Hall–Kier alpha value is -2.04. The van der Waals surface area contributed by atoms with Crippen LogP contribution >= 0.6 is 0 Å². The number of carbonyl (C=O) groups excluding carboxylic acids is 1. The highest BCUT2D eigenvalue weighted by Crippen LogP contribution is 2.25. The van der Waals surface area contributed by atoms with Crippen LogP contribution in [-0.4, -0.2) is 23.1 Å². The molecule has 0 spiro atoms. The van der Waals surface area contributed by atoms with Gasteiger partial charge in [0.05, 0.1) is 5.92 Å². The van der Waals surface area contributed by atoms with Crippen molar-refractivity contribution in [1.29, 1.82) is 0 Å². The summed E-state index contributed by atoms with van der Waals surface area (Å²) in [4.78, 5) is 22.7. The van der Waals surface area contributed by atoms with E-state index >= 15 is 0 Å². The monoisotopic (exact) mass is 248 g/mol. The maximum absolute atomic E-state index is 11.7. The average Bonchev–Trinajstić information content (AvgIpc) is 2.78. The molecule has 0 heterocycles. The number of urea groups is 1. The molecule has 2 amide bonds. The Morgan fingerprint density at radius 1 is 1.17 bits per heavy atom. The minimum Gasteiger partial charge on any atom is -0.481 e. The third-order valence-corrected chi connectivity index (χ3v) is 3.18. The molecular formula is C13H16N2O3. The molecule has 2 rings (SSSR count). The normalized spacial score (nSPS) is 22.4. The molecule has 2 unspecified atom stereocenters. The molecule has 0 aromatic heterocycles. The molecule has 1 aliphatic carbocycles. The Balaban J connectivity index is 1.90. The zero-order chi connectivity index (χ0) is 13.0. The summed E-state index contributed by atoms with van der Waals surface area (Å²) in [6, 6.07) is 8.45. The predicted octanol–water partition coefficient (Wildman–Crippen LogP) is 2.06. The van der Waals surface area contributed by atoms with E-state index in [1.807, 2.05) is 18.2 Å². The van der Waals surface area contributed by atoms with Crippen LogP contribution in [0.5, 0.6) is 0 Å². The lowest BCUT2D eigenvalue weighted by Crippen LogP contribution is -2.42. The molecule has 18 heavy (non-hydrogen) atoms. The first-order valence-electron chi connectivity index (χ1n) is 6.02. The van der Waals surface area contributed by atoms with Gasteiger partial charge >= 0.3 is 12.0 Å². The van der Waals surface area contributed by atoms with Gasteiger partial charge in [-0.1, -0.05) is 24.6 Å². The number of rotatable bonds is 3. The zero-order valence-electron chi connectivity index (χ0n) is 9.93. The van der Waals surface area contributed by atoms with Crippen LogP contribution in [0.15, 0.2) is 30.3 Å². The summed E-state index contributed by atoms with van der Waals surface area (Å²) in [6.07, 6.45) is 2.19. The van der Waals surface area contributed by atoms with Crippen LogP contribution in [0.4, 0.5) is 10.5 Å². The smallest absolute Gasteiger partial charge is 0.319 e. The fourth-order valence-electron chi connectivity index (χ4n) is 2.29. The number of anilines is 1. The van der Waals surface area contributed by atoms with Crippen molar-refractivity contribution in [3.63, 3.8) is 0 Å². The number of hydrogen-bond donors (Lipinski definition) is 3. The molecular weight excluding hydrogens is 232 g/mol. The molecule has 3 N–H and O–H groups in total. The SMILES string of the molecule is O=C(Nc1ccccc1)NC1CCCC1C(=O)O. The summed E-state index contributed by atoms with van der Waals surface area (Å²) in [5, 5.41) is 14.4. The number of aliphatic carboxylic acids is 1. The molecule has 0 bridgehead atoms. The van der Waals surface area contributed by atoms with E-state index in [4.69, 9.17) is 5.11 Å². The molecule has 96 valence electrons. The van der Waals surface area contributed by atoms with Gasteiger partial charge in [-0.3, -0.25) is 4.79 Å². The zero-order valence-corrected chi connectivity index (χ0v) is 9.93. The Morgan fingerprint density at radius 2 is 1.89 bits per heavy atom. The summed E-state index contributed by atoms with van der Waals surface area (Å²) >= 11 is 0. The van der Waals surface area contributed by atoms with E-state index in [2.05, 4.69) is 10.6 Å². The van der Waals surface area contributed by atoms with Gasteiger partial charge in [0, 0.05) is 11.7 Å². The fourth-order valence-corrected chi connectivity index (χ4v) is 2.29. The van der Waals surface area contributed by atoms with Gasteiger partial charge in [-0.15, -0.1) is 0 Å². The summed E-state index contributed by atoms with van der Waals surface area (Å²) in [6.45, 7) is 0. The van der Waals surface area contributed by atoms with Gasteiger partial charge in [0.25, 0.3) is 0 Å². The maximum atomic E-state index is 11.7. The lowest BCUT2D eigenvalue weighted by molar-refractivity contribution is -0.142. The van der Waals surface area contributed by atoms with Crippen LogP contribution in [-0.2, 0) is 4.79 Å². The summed E-state index contributed by atoms with van der Waals surface area (Å²) in [5.74, 6) is -1.30. The van der Waals surface area contributed by atoms with Crippen molar-refractivity contribution >= 4 is 17.7 Å². The Labute approximate surface area is 105 Å². The van der Waals surface area contributed by atoms with Gasteiger partial charge < -0.3 is 15.7 Å². The van der Waals surface area contributed by atoms with E-state index < -0.39 is 11.9 Å². The highest BCUT2D eigenvalue weighted by Gasteiger charge is 2.33. The number of carboxylic acid groups (broad SMARTS) is 1. The van der Waals surface area contributed by atoms with Gasteiger partial charge in [0.15, 0.2) is 0 Å². The number of amides is 2. The van der Waals surface area contributed by atoms with Crippen LogP contribution in [0.2, 0.25) is 0 Å². The minimum absolute atomic E-state index is 0.272. The lowest BCUT2D eigenvalue weighted by atomic mass is 10.0. The van der Waals surface area contributed by atoms with Crippen LogP contribution < -0.4 is 10.6 Å². The van der Waals surface area contributed by atoms with E-state index in [1.54, 1.807) is 12.1 Å². The number of para-hydroxylation sites is 1. The predicted molar refractivity (Wildman–Crippen MR) is 67.4 cm³/mol. The highest BCUT2D eigenvalue weighted by molar-refractivity contribution is 5.89. The van der Waals surface area contributed by atoms with Crippen LogP contribution in [0.3, 0.4) is 0 Å². The number of carboxylic acids is 1. The average molecular weight is 248 g/mol. The first kappa shape index (κ1) is 12.4. The van der Waals surface area contributed by atoms with Crippen LogP contribution in [0.25, 0.3) is 0 Å². The molecule has 1 aliphatic rings. The van der Waals surface area contributed by atoms with Gasteiger partial charge in [-0.25, -0.2) is 4.79 Å². The Morgan fingerprint density at radius 3 is 2.56 bits per heavy atom. The molecule has 1 aromatic rings. The number of hydrogen-bond acceptors (Lipinski definition) is 2. The lowest BCUT2D eigenvalue weighted by Gasteiger charge is -2.17. The highest BCUT2D eigenvalue weighted by atomic mass is 16.4. The molecule has 2 atom stereocenters. The van der Waals surface area contributed by atoms with Crippen molar-refractivity contribution in [2.75, 3.05) is 5.32 Å². The molecule has 1 saturated carbocycles. The third kappa shape index (κ3) is 3.00. The quantitative estimate of drug-likeness (QED) is 0.766. The topological polar surface area (TPSA) is 78.4 Å². The van der Waals surface area contributed by atoms with Crippen molar-refractivity contribution in [1.82, 2.24) is 5.32 Å². The minimum atomic E-state index is -0.836. The molecule has 0 saturated heterocycles. The van der Waals surface area contributed by atoms with E-state index in [0.717, 1.165) is 12.8 Å². The second-order valence-corrected chi connectivity index (χ2v) is 4.45. The molecule has 0 aliphatic heterocycles. The van der Waals surface area contributed by atoms with Gasteiger partial charge in [0.1, 0.15) is 0 Å². The van der Waals surface area contributed by atoms with Crippen molar-refractivity contribution < 1.29 is 14.7 Å². The molecule has 1 aromatic carbocycles. The third-order valence-electron chi connectivity index (χ3n) is 3.18. The van der Waals surface area contributed by atoms with Crippen molar-refractivity contribution in [2.45, 2.75) is 25.3 Å². The van der Waals surface area contributed by atoms with Crippen molar-refractivity contribution in [3.8, 4) is 0 Å². The molecule has 0 radical (unpaired) electrons. The summed E-state index contributed by atoms with van der Waals surface area (Å²) in [7, 11) is 0. The van der Waals surface area contributed by atoms with Gasteiger partial charge in [0.2, 0.25) is 0 Å². The van der Waals surface area contributed by atoms with E-state index in [1.165, 1.54) is 0 Å². The van der Waals surface area contributed by atoms with Crippen LogP contribution in [0, 0.1) is 5.92 Å². The Kier molecular flexibility index (Phi) is 3.82. The van der Waals surface area contributed by atoms with Crippen LogP contribution in [0.1, 0.15) is 19.3 Å². The number of nitrogens with one attached hydrogen (secondary N) is 2. The van der Waals surface area contributed by atoms with Crippen molar-refractivity contribution in [2.24, 2.45) is 5.92 Å². The second kappa shape index (κ2) is 5.53. The maximum Gasteiger partial charge on any atom is 0.319 e. The fraction of sp³-hybridized carbons (Fsp3) is 0.385. The van der Waals surface area contributed by atoms with E-state index in [9.17, 15) is 9.59 Å². The van der Waals surface area contributed by atoms with Crippen molar-refractivity contribution in [3.05, 3.63) is 30.3 Å². The van der Waals surface area contributed by atoms with Gasteiger partial charge in [-0.05, 0) is 25.0 Å². The largest absolute Gasteiger partial charge is 0.481 e. The Bertz CT molecular complexity index is 433. The number of carbonyl (C=O) groups is 2. The first-order valence-corrected chi connectivity index (χ1v) is 6.02.